The van der Waals surface area contributed by atoms with Gasteiger partial charge in [-0.15, -0.1) is 0 Å². The highest BCUT2D eigenvalue weighted by molar-refractivity contribution is 7.90. The molecule has 5 heteroatoms. The molecule has 0 aliphatic rings. The van der Waals surface area contributed by atoms with Crippen LogP contribution in [0.25, 0.3) is 10.9 Å². The predicted octanol–water partition coefficient (Wildman–Crippen LogP) is 1.62. The summed E-state index contributed by atoms with van der Waals surface area (Å²) in [6.45, 7) is 1.65. The van der Waals surface area contributed by atoms with Gasteiger partial charge in [0.25, 0.3) is 0 Å². The zero-order valence-electron chi connectivity index (χ0n) is 9.06. The van der Waals surface area contributed by atoms with E-state index in [1.165, 1.54) is 6.26 Å². The van der Waals surface area contributed by atoms with Crippen molar-refractivity contribution in [3.8, 4) is 0 Å². The maximum atomic E-state index is 11.4. The number of nitrogens with one attached hydrogen (secondary N) is 1. The van der Waals surface area contributed by atoms with Gasteiger partial charge >= 0.3 is 0 Å². The van der Waals surface area contributed by atoms with Gasteiger partial charge in [-0.05, 0) is 30.5 Å². The average molecular weight is 239 g/mol. The molecule has 0 saturated heterocycles. The van der Waals surface area contributed by atoms with E-state index in [2.05, 4.69) is 4.98 Å². The number of hydrogen-bond acceptors (Lipinski definition) is 3. The summed E-state index contributed by atoms with van der Waals surface area (Å²) in [7, 11) is -3.19. The van der Waals surface area contributed by atoms with Crippen LogP contribution in [0.1, 0.15) is 18.7 Å². The second kappa shape index (κ2) is 3.61. The molecular weight excluding hydrogens is 226 g/mol. The fourth-order valence-electron chi connectivity index (χ4n) is 1.58. The Morgan fingerprint density at radius 3 is 2.56 bits per heavy atom. The van der Waals surface area contributed by atoms with E-state index in [0.29, 0.717) is 5.69 Å². The van der Waals surface area contributed by atoms with E-state index in [1.54, 1.807) is 25.1 Å². The van der Waals surface area contributed by atoms with Crippen molar-refractivity contribution < 1.29 is 13.5 Å². The van der Waals surface area contributed by atoms with E-state index in [-0.39, 0.29) is 4.90 Å². The molecule has 2 N–H and O–H groups in total. The Balaban J connectivity index is 2.63. The first-order valence-corrected chi connectivity index (χ1v) is 6.78. The molecule has 86 valence electrons. The monoisotopic (exact) mass is 239 g/mol. The van der Waals surface area contributed by atoms with Crippen molar-refractivity contribution in [3.63, 3.8) is 0 Å². The lowest BCUT2D eigenvalue weighted by molar-refractivity contribution is 0.195. The molecule has 1 aromatic carbocycles. The molecular formula is C11H13NO3S. The fourth-order valence-corrected chi connectivity index (χ4v) is 2.23. The van der Waals surface area contributed by atoms with Crippen molar-refractivity contribution >= 4 is 20.7 Å². The summed E-state index contributed by atoms with van der Waals surface area (Å²) in [4.78, 5) is 3.27. The molecule has 0 saturated carbocycles. The summed E-state index contributed by atoms with van der Waals surface area (Å²) in [6.07, 6.45) is 0.584. The number of rotatable bonds is 2. The highest BCUT2D eigenvalue weighted by Crippen LogP contribution is 2.22. The number of sulfone groups is 1. The molecule has 4 nitrogen and oxygen atoms in total. The third-order valence-corrected chi connectivity index (χ3v) is 3.60. The Hall–Kier alpha value is -1.33. The number of aliphatic hydroxyl groups excluding tert-OH is 1. The number of benzene rings is 1. The zero-order chi connectivity index (χ0) is 11.9. The normalized spacial score (nSPS) is 14.2. The Morgan fingerprint density at radius 2 is 2.00 bits per heavy atom. The van der Waals surface area contributed by atoms with Crippen LogP contribution >= 0.6 is 0 Å². The molecule has 2 rings (SSSR count). The van der Waals surface area contributed by atoms with Crippen LogP contribution in [0.4, 0.5) is 0 Å². The van der Waals surface area contributed by atoms with Gasteiger partial charge in [0.2, 0.25) is 0 Å². The largest absolute Gasteiger partial charge is 0.387 e. The minimum atomic E-state index is -3.19. The minimum Gasteiger partial charge on any atom is -0.387 e. The van der Waals surface area contributed by atoms with Gasteiger partial charge in [-0.1, -0.05) is 6.07 Å². The van der Waals surface area contributed by atoms with Crippen LogP contribution in [-0.4, -0.2) is 24.8 Å². The summed E-state index contributed by atoms with van der Waals surface area (Å²) in [5.41, 5.74) is 1.40. The van der Waals surface area contributed by atoms with Crippen molar-refractivity contribution in [3.05, 3.63) is 30.0 Å². The summed E-state index contributed by atoms with van der Waals surface area (Å²) < 4.78 is 22.7. The summed E-state index contributed by atoms with van der Waals surface area (Å²) in [5, 5.41) is 10.3. The van der Waals surface area contributed by atoms with Crippen molar-refractivity contribution in [2.75, 3.05) is 6.26 Å². The number of H-pyrrole nitrogens is 1. The molecule has 0 radical (unpaired) electrons. The van der Waals surface area contributed by atoms with Gasteiger partial charge in [0.1, 0.15) is 0 Å². The van der Waals surface area contributed by atoms with Crippen LogP contribution in [0.5, 0.6) is 0 Å². The van der Waals surface area contributed by atoms with E-state index in [4.69, 9.17) is 0 Å². The smallest absolute Gasteiger partial charge is 0.175 e. The molecule has 2 aromatic rings. The summed E-state index contributed by atoms with van der Waals surface area (Å²) >= 11 is 0. The molecule has 0 aliphatic heterocycles. The number of fused-ring (bicyclic) bond motifs is 1. The van der Waals surface area contributed by atoms with Crippen LogP contribution in [-0.2, 0) is 9.84 Å². The first-order valence-electron chi connectivity index (χ1n) is 4.89. The average Bonchev–Trinajstić information content (AvgIpc) is 2.58. The second-order valence-corrected chi connectivity index (χ2v) is 5.94. The maximum absolute atomic E-state index is 11.4. The first-order chi connectivity index (χ1) is 7.38. The summed E-state index contributed by atoms with van der Waals surface area (Å²) in [6, 6.07) is 6.69. The van der Waals surface area contributed by atoms with E-state index in [1.807, 2.05) is 6.07 Å². The van der Waals surface area contributed by atoms with Crippen LogP contribution in [0.15, 0.2) is 29.2 Å². The van der Waals surface area contributed by atoms with Crippen LogP contribution in [0.3, 0.4) is 0 Å². The van der Waals surface area contributed by atoms with Crippen LogP contribution in [0.2, 0.25) is 0 Å². The molecule has 1 unspecified atom stereocenters. The minimum absolute atomic E-state index is 0.277. The van der Waals surface area contributed by atoms with E-state index < -0.39 is 15.9 Å². The predicted molar refractivity (Wildman–Crippen MR) is 62.0 cm³/mol. The van der Waals surface area contributed by atoms with E-state index >= 15 is 0 Å². The molecule has 16 heavy (non-hydrogen) atoms. The Morgan fingerprint density at radius 1 is 1.31 bits per heavy atom. The molecule has 1 atom stereocenters. The van der Waals surface area contributed by atoms with Crippen molar-refractivity contribution in [2.24, 2.45) is 0 Å². The van der Waals surface area contributed by atoms with Gasteiger partial charge in [0.05, 0.1) is 11.0 Å². The van der Waals surface area contributed by atoms with Gasteiger partial charge in [-0.25, -0.2) is 8.42 Å². The van der Waals surface area contributed by atoms with Crippen LogP contribution < -0.4 is 0 Å². The maximum Gasteiger partial charge on any atom is 0.175 e. The zero-order valence-corrected chi connectivity index (χ0v) is 9.88. The highest BCUT2D eigenvalue weighted by atomic mass is 32.2. The molecule has 0 aliphatic carbocycles. The molecule has 0 amide bonds. The molecule has 1 aromatic heterocycles. The lowest BCUT2D eigenvalue weighted by Gasteiger charge is -1.98. The van der Waals surface area contributed by atoms with Gasteiger partial charge in [-0.2, -0.15) is 0 Å². The van der Waals surface area contributed by atoms with Crippen LogP contribution in [0, 0.1) is 0 Å². The van der Waals surface area contributed by atoms with E-state index in [0.717, 1.165) is 10.9 Å². The molecule has 0 spiro atoms. The van der Waals surface area contributed by atoms with Gasteiger partial charge in [0, 0.05) is 17.5 Å². The standard InChI is InChI=1S/C11H13NO3S/c1-7(13)10-5-8-3-4-9(16(2,14)15)6-11(8)12-10/h3-7,12-13H,1-2H3. The number of aliphatic hydroxyl groups is 1. The number of aromatic amines is 1. The highest BCUT2D eigenvalue weighted by Gasteiger charge is 2.10. The van der Waals surface area contributed by atoms with Crippen molar-refractivity contribution in [2.45, 2.75) is 17.9 Å². The Bertz CT molecular complexity index is 626. The van der Waals surface area contributed by atoms with Gasteiger partial charge in [-0.3, -0.25) is 0 Å². The van der Waals surface area contributed by atoms with Crippen molar-refractivity contribution in [1.82, 2.24) is 4.98 Å². The SMILES string of the molecule is CC(O)c1cc2ccc(S(C)(=O)=O)cc2[nH]1. The topological polar surface area (TPSA) is 70.2 Å². The molecule has 0 bridgehead atoms. The summed E-state index contributed by atoms with van der Waals surface area (Å²) in [5.74, 6) is 0. The quantitative estimate of drug-likeness (QED) is 0.836. The lowest BCUT2D eigenvalue weighted by Crippen LogP contribution is -1.96. The van der Waals surface area contributed by atoms with E-state index in [9.17, 15) is 13.5 Å². The third kappa shape index (κ3) is 1.96. The fraction of sp³-hybridized carbons (Fsp3) is 0.273. The number of aromatic nitrogens is 1. The van der Waals surface area contributed by atoms with Gasteiger partial charge in [0.15, 0.2) is 9.84 Å². The van der Waals surface area contributed by atoms with Crippen molar-refractivity contribution in [1.29, 1.82) is 0 Å². The molecule has 0 fully saturated rings. The van der Waals surface area contributed by atoms with Gasteiger partial charge < -0.3 is 10.1 Å². The Labute approximate surface area is 93.8 Å². The Kier molecular flexibility index (Phi) is 2.52. The second-order valence-electron chi connectivity index (χ2n) is 3.92. The number of hydrogen-bond donors (Lipinski definition) is 2. The molecule has 1 heterocycles. The first kappa shape index (κ1) is 11.2. The lowest BCUT2D eigenvalue weighted by atomic mass is 10.2. The third-order valence-electron chi connectivity index (χ3n) is 2.49.